The lowest BCUT2D eigenvalue weighted by Gasteiger charge is -2.35. The van der Waals surface area contributed by atoms with E-state index in [9.17, 15) is 19.1 Å². The number of rotatable bonds is 3. The highest BCUT2D eigenvalue weighted by atomic mass is 19.1. The van der Waals surface area contributed by atoms with Gasteiger partial charge in [0.25, 0.3) is 0 Å². The van der Waals surface area contributed by atoms with Crippen LogP contribution in [0.1, 0.15) is 51.0 Å². The highest BCUT2D eigenvalue weighted by Crippen LogP contribution is 2.54. The van der Waals surface area contributed by atoms with Crippen LogP contribution in [0.4, 0.5) is 21.8 Å². The molecule has 1 aliphatic heterocycles. The van der Waals surface area contributed by atoms with Crippen LogP contribution in [0.3, 0.4) is 0 Å². The van der Waals surface area contributed by atoms with Crippen molar-refractivity contribution < 1.29 is 19.1 Å². The summed E-state index contributed by atoms with van der Waals surface area (Å²) in [5.74, 6) is -0.529. The molecule has 6 unspecified atom stereocenters. The molecule has 6 atom stereocenters. The molecule has 3 N–H and O–H groups in total. The molecule has 2 fully saturated rings. The lowest BCUT2D eigenvalue weighted by Crippen LogP contribution is -2.43. The number of ketones is 1. The van der Waals surface area contributed by atoms with Crippen LogP contribution >= 0.6 is 0 Å². The van der Waals surface area contributed by atoms with Crippen LogP contribution in [0, 0.1) is 35.4 Å². The maximum Gasteiger partial charge on any atom is 0.308 e. The molecular formula is C26H31FN4O3. The van der Waals surface area contributed by atoms with E-state index in [1.54, 1.807) is 6.92 Å². The summed E-state index contributed by atoms with van der Waals surface area (Å²) >= 11 is 0. The predicted molar refractivity (Wildman–Crippen MR) is 126 cm³/mol. The maximum atomic E-state index is 14.7. The Bertz CT molecular complexity index is 1090. The van der Waals surface area contributed by atoms with Gasteiger partial charge in [-0.3, -0.25) is 4.79 Å². The molecule has 0 spiro atoms. The summed E-state index contributed by atoms with van der Waals surface area (Å²) < 4.78 is 14.7. The molecule has 2 heterocycles. The number of nitrogens with zero attached hydrogens (tertiary/aromatic N) is 2. The second kappa shape index (κ2) is 9.31. The number of carbonyl (C=O) groups is 2. The molecule has 2 aliphatic carbocycles. The number of carboxylic acids is 1. The van der Waals surface area contributed by atoms with Crippen molar-refractivity contribution in [1.82, 2.24) is 9.97 Å². The summed E-state index contributed by atoms with van der Waals surface area (Å²) in [6.45, 7) is 1.65. The van der Waals surface area contributed by atoms with Gasteiger partial charge >= 0.3 is 5.97 Å². The van der Waals surface area contributed by atoms with Gasteiger partial charge in [0.1, 0.15) is 5.78 Å². The van der Waals surface area contributed by atoms with Crippen molar-refractivity contribution >= 4 is 29.2 Å². The van der Waals surface area contributed by atoms with Crippen LogP contribution in [-0.4, -0.2) is 32.9 Å². The smallest absolute Gasteiger partial charge is 0.308 e. The van der Waals surface area contributed by atoms with E-state index in [1.807, 2.05) is 18.2 Å². The number of hydrogen-bond donors (Lipinski definition) is 3. The molecule has 180 valence electrons. The molecule has 0 saturated heterocycles. The molecule has 3 aliphatic rings. The van der Waals surface area contributed by atoms with Gasteiger partial charge in [-0.2, -0.15) is 4.98 Å². The minimum atomic E-state index is -0.830. The number of anilines is 3. The van der Waals surface area contributed by atoms with E-state index in [-0.39, 0.29) is 41.3 Å². The topological polar surface area (TPSA) is 104 Å². The second-order valence-electron chi connectivity index (χ2n) is 10.3. The number of carbonyl (C=O) groups excluding carboxylic acids is 1. The van der Waals surface area contributed by atoms with Crippen LogP contribution in [0.2, 0.25) is 0 Å². The minimum absolute atomic E-state index is 0.0461. The summed E-state index contributed by atoms with van der Waals surface area (Å²) in [4.78, 5) is 32.5. The van der Waals surface area contributed by atoms with Gasteiger partial charge in [0.15, 0.2) is 11.6 Å². The lowest BCUT2D eigenvalue weighted by atomic mass is 9.75. The first-order valence-corrected chi connectivity index (χ1v) is 12.2. The molecule has 5 rings (SSSR count). The van der Waals surface area contributed by atoms with Crippen molar-refractivity contribution in [2.24, 2.45) is 29.6 Å². The van der Waals surface area contributed by atoms with Crippen LogP contribution in [-0.2, 0) is 16.0 Å². The molecule has 0 amide bonds. The van der Waals surface area contributed by atoms with E-state index in [0.717, 1.165) is 56.0 Å². The summed E-state index contributed by atoms with van der Waals surface area (Å²) in [5, 5.41) is 16.2. The number of fused-ring (bicyclic) bond motifs is 5. The van der Waals surface area contributed by atoms with Crippen molar-refractivity contribution in [3.63, 3.8) is 0 Å². The normalized spacial score (nSPS) is 30.3. The fourth-order valence-corrected chi connectivity index (χ4v) is 6.65. The molecule has 2 saturated carbocycles. The first-order chi connectivity index (χ1) is 16.4. The van der Waals surface area contributed by atoms with Crippen molar-refractivity contribution in [2.75, 3.05) is 10.6 Å². The zero-order valence-corrected chi connectivity index (χ0v) is 19.3. The number of aliphatic carboxylic acids is 1. The largest absolute Gasteiger partial charge is 0.481 e. The molecule has 2 aromatic rings. The summed E-state index contributed by atoms with van der Waals surface area (Å²) in [6.07, 6.45) is 7.20. The number of Topliss-reactive ketones (excluding diaryl/α,β-unsaturated/α-hetero) is 1. The Balaban J connectivity index is 1.49. The highest BCUT2D eigenvalue weighted by Gasteiger charge is 2.55. The van der Waals surface area contributed by atoms with Gasteiger partial charge in [-0.25, -0.2) is 9.37 Å². The highest BCUT2D eigenvalue weighted by molar-refractivity contribution is 5.75. The third kappa shape index (κ3) is 4.63. The molecule has 6 bridgehead atoms. The van der Waals surface area contributed by atoms with Gasteiger partial charge in [0, 0.05) is 18.2 Å². The van der Waals surface area contributed by atoms with E-state index < -0.39 is 17.7 Å². The number of carboxylic acid groups (broad SMARTS) is 1. The minimum Gasteiger partial charge on any atom is -0.481 e. The van der Waals surface area contributed by atoms with E-state index in [0.29, 0.717) is 12.3 Å². The Morgan fingerprint density at radius 2 is 2.06 bits per heavy atom. The van der Waals surface area contributed by atoms with Crippen molar-refractivity contribution in [3.05, 3.63) is 41.8 Å². The average molecular weight is 467 g/mol. The van der Waals surface area contributed by atoms with Crippen LogP contribution < -0.4 is 10.6 Å². The number of aromatic nitrogens is 2. The Morgan fingerprint density at radius 3 is 2.85 bits per heavy atom. The van der Waals surface area contributed by atoms with Gasteiger partial charge in [0.2, 0.25) is 5.95 Å². The molecule has 7 nitrogen and oxygen atoms in total. The van der Waals surface area contributed by atoms with E-state index in [2.05, 4.69) is 26.7 Å². The quantitative estimate of drug-likeness (QED) is 0.596. The van der Waals surface area contributed by atoms with E-state index in [1.165, 1.54) is 0 Å². The van der Waals surface area contributed by atoms with Crippen molar-refractivity contribution in [3.8, 4) is 0 Å². The number of halogens is 1. The third-order valence-corrected chi connectivity index (χ3v) is 7.95. The Kier molecular flexibility index (Phi) is 6.23. The molecule has 8 heteroatoms. The monoisotopic (exact) mass is 466 g/mol. The zero-order valence-electron chi connectivity index (χ0n) is 19.3. The third-order valence-electron chi connectivity index (χ3n) is 7.95. The van der Waals surface area contributed by atoms with E-state index in [4.69, 9.17) is 0 Å². The van der Waals surface area contributed by atoms with E-state index >= 15 is 0 Å². The maximum absolute atomic E-state index is 14.7. The average Bonchev–Trinajstić information content (AvgIpc) is 3.33. The summed E-state index contributed by atoms with van der Waals surface area (Å²) in [5.41, 5.74) is 1.92. The summed E-state index contributed by atoms with van der Waals surface area (Å²) in [7, 11) is 0. The standard InChI is InChI=1S/C26H31FN4O3/c1-14(32)8-15-4-2-6-17-11-18-12-20(17)23(22(18)25(33)34)30-24-21(27)13-28-26(31-24)29-19-7-3-5-16(9-15)10-19/h3,5,7,10,13,15,17-18,20,22-23H,2,4,6,8-9,11-12H2,1H3,(H,33,34)(H2,28,29,30,31). The van der Waals surface area contributed by atoms with Gasteiger partial charge in [-0.1, -0.05) is 25.0 Å². The number of nitrogens with one attached hydrogen (secondary N) is 2. The number of hydrogen-bond acceptors (Lipinski definition) is 6. The predicted octanol–water partition coefficient (Wildman–Crippen LogP) is 4.82. The van der Waals surface area contributed by atoms with Crippen molar-refractivity contribution in [1.29, 1.82) is 0 Å². The molecule has 0 radical (unpaired) electrons. The fraction of sp³-hybridized carbons (Fsp3) is 0.538. The molecule has 1 aromatic heterocycles. The SMILES string of the molecule is CC(=O)CC1CCCC2CC3CC2C(Nc2nc(ncc2F)Nc2cccc(c2)C1)C3C(=O)O. The molecule has 34 heavy (non-hydrogen) atoms. The van der Waals surface area contributed by atoms with Gasteiger partial charge < -0.3 is 20.5 Å². The zero-order chi connectivity index (χ0) is 23.8. The molecule has 1 aromatic carbocycles. The van der Waals surface area contributed by atoms with Crippen LogP contribution in [0.25, 0.3) is 0 Å². The fourth-order valence-electron chi connectivity index (χ4n) is 6.65. The van der Waals surface area contributed by atoms with Crippen LogP contribution in [0.5, 0.6) is 0 Å². The summed E-state index contributed by atoms with van der Waals surface area (Å²) in [6, 6.07) is 7.56. The second-order valence-corrected chi connectivity index (χ2v) is 10.3. The first-order valence-electron chi connectivity index (χ1n) is 12.2. The van der Waals surface area contributed by atoms with Gasteiger partial charge in [-0.05, 0) is 74.0 Å². The first kappa shape index (κ1) is 22.7. The Hall–Kier alpha value is -3.03. The number of benzene rings is 1. The van der Waals surface area contributed by atoms with Gasteiger partial charge in [-0.15, -0.1) is 0 Å². The van der Waals surface area contributed by atoms with Gasteiger partial charge in [0.05, 0.1) is 12.1 Å². The molecular weight excluding hydrogens is 435 g/mol. The van der Waals surface area contributed by atoms with Crippen molar-refractivity contribution in [2.45, 2.75) is 57.9 Å². The Labute approximate surface area is 198 Å². The lowest BCUT2D eigenvalue weighted by molar-refractivity contribution is -0.144. The van der Waals surface area contributed by atoms with Crippen LogP contribution in [0.15, 0.2) is 30.5 Å². The Morgan fingerprint density at radius 1 is 1.21 bits per heavy atom.